The summed E-state index contributed by atoms with van der Waals surface area (Å²) in [5.74, 6) is -1.08. The molecule has 0 aliphatic rings. The Morgan fingerprint density at radius 1 is 1.29 bits per heavy atom. The van der Waals surface area contributed by atoms with E-state index in [1.807, 2.05) is 0 Å². The first kappa shape index (κ1) is 14.9. The van der Waals surface area contributed by atoms with Crippen LogP contribution < -0.4 is 11.1 Å². The van der Waals surface area contributed by atoms with Crippen LogP contribution in [0.2, 0.25) is 0 Å². The van der Waals surface area contributed by atoms with Crippen molar-refractivity contribution in [1.29, 1.82) is 0 Å². The number of nitrogens with two attached hydrogens (primary N) is 1. The van der Waals surface area contributed by atoms with Gasteiger partial charge in [-0.05, 0) is 30.3 Å². The van der Waals surface area contributed by atoms with Crippen LogP contribution in [0.4, 0.5) is 15.8 Å². The maximum absolute atomic E-state index is 12.9. The summed E-state index contributed by atoms with van der Waals surface area (Å²) in [5.41, 5.74) is 5.99. The summed E-state index contributed by atoms with van der Waals surface area (Å²) in [7, 11) is -3.40. The average Bonchev–Trinajstić information content (AvgIpc) is 2.38. The third-order valence-corrected chi connectivity index (χ3v) is 3.63. The van der Waals surface area contributed by atoms with Crippen molar-refractivity contribution in [1.82, 2.24) is 4.98 Å². The molecular weight excluding hydrogens is 297 g/mol. The van der Waals surface area contributed by atoms with Gasteiger partial charge in [0.25, 0.3) is 5.91 Å². The quantitative estimate of drug-likeness (QED) is 0.836. The number of nitrogens with zero attached hydrogens (tertiary/aromatic N) is 1. The molecular formula is C13H12FN3O3S. The Morgan fingerprint density at radius 3 is 2.52 bits per heavy atom. The molecule has 0 spiro atoms. The number of benzene rings is 1. The number of hydrogen-bond donors (Lipinski definition) is 2. The molecule has 0 radical (unpaired) electrons. The highest BCUT2D eigenvalue weighted by Gasteiger charge is 2.12. The average molecular weight is 309 g/mol. The summed E-state index contributed by atoms with van der Waals surface area (Å²) in [6.45, 7) is 0. The number of halogens is 1. The molecule has 1 aromatic heterocycles. The van der Waals surface area contributed by atoms with Gasteiger partial charge in [-0.15, -0.1) is 0 Å². The second-order valence-corrected chi connectivity index (χ2v) is 6.31. The SMILES string of the molecule is CS(=O)(=O)c1ccc(NC(=O)c2ccc(F)cc2N)cn1. The van der Waals surface area contributed by atoms with Crippen molar-refractivity contribution < 1.29 is 17.6 Å². The molecule has 0 fully saturated rings. The smallest absolute Gasteiger partial charge is 0.257 e. The summed E-state index contributed by atoms with van der Waals surface area (Å²) >= 11 is 0. The van der Waals surface area contributed by atoms with Gasteiger partial charge in [-0.3, -0.25) is 4.79 Å². The number of nitrogen functional groups attached to an aromatic ring is 1. The lowest BCUT2D eigenvalue weighted by atomic mass is 10.1. The van der Waals surface area contributed by atoms with Gasteiger partial charge in [-0.2, -0.15) is 0 Å². The minimum absolute atomic E-state index is 0.00761. The summed E-state index contributed by atoms with van der Waals surface area (Å²) in [6.07, 6.45) is 2.25. The van der Waals surface area contributed by atoms with Crippen LogP contribution in [-0.4, -0.2) is 25.6 Å². The van der Waals surface area contributed by atoms with Crippen LogP contribution in [0.1, 0.15) is 10.4 Å². The molecule has 0 atom stereocenters. The van der Waals surface area contributed by atoms with Gasteiger partial charge in [0.15, 0.2) is 14.9 Å². The van der Waals surface area contributed by atoms with Crippen molar-refractivity contribution >= 4 is 27.1 Å². The molecule has 6 nitrogen and oxygen atoms in total. The number of aromatic nitrogens is 1. The lowest BCUT2D eigenvalue weighted by molar-refractivity contribution is 0.102. The van der Waals surface area contributed by atoms with E-state index < -0.39 is 21.6 Å². The first-order valence-corrected chi connectivity index (χ1v) is 7.69. The van der Waals surface area contributed by atoms with Crippen LogP contribution in [0.25, 0.3) is 0 Å². The Bertz CT molecular complexity index is 789. The molecule has 21 heavy (non-hydrogen) atoms. The Hall–Kier alpha value is -2.48. The Morgan fingerprint density at radius 2 is 2.00 bits per heavy atom. The zero-order chi connectivity index (χ0) is 15.6. The summed E-state index contributed by atoms with van der Waals surface area (Å²) in [6, 6.07) is 6.11. The Kier molecular flexibility index (Phi) is 3.90. The second-order valence-electron chi connectivity index (χ2n) is 4.34. The predicted molar refractivity (Wildman–Crippen MR) is 76.1 cm³/mol. The first-order valence-electron chi connectivity index (χ1n) is 5.80. The fraction of sp³-hybridized carbons (Fsp3) is 0.0769. The molecule has 2 aromatic rings. The number of carbonyl (C=O) groups is 1. The number of nitrogens with one attached hydrogen (secondary N) is 1. The number of amides is 1. The maximum atomic E-state index is 12.9. The second kappa shape index (κ2) is 5.49. The third kappa shape index (κ3) is 3.54. The molecule has 3 N–H and O–H groups in total. The molecule has 8 heteroatoms. The lowest BCUT2D eigenvalue weighted by Crippen LogP contribution is -2.14. The molecule has 0 bridgehead atoms. The molecule has 0 saturated heterocycles. The van der Waals surface area contributed by atoms with Crippen molar-refractivity contribution in [2.75, 3.05) is 17.3 Å². The van der Waals surface area contributed by atoms with Gasteiger partial charge in [0, 0.05) is 11.9 Å². The van der Waals surface area contributed by atoms with E-state index in [0.29, 0.717) is 5.69 Å². The van der Waals surface area contributed by atoms with E-state index in [-0.39, 0.29) is 16.3 Å². The number of sulfone groups is 1. The van der Waals surface area contributed by atoms with E-state index in [0.717, 1.165) is 18.4 Å². The van der Waals surface area contributed by atoms with Crippen LogP contribution in [-0.2, 0) is 9.84 Å². The van der Waals surface area contributed by atoms with Gasteiger partial charge in [0.05, 0.1) is 17.4 Å². The van der Waals surface area contributed by atoms with E-state index in [2.05, 4.69) is 10.3 Å². The molecule has 0 aliphatic heterocycles. The number of rotatable bonds is 3. The fourth-order valence-corrected chi connectivity index (χ4v) is 2.17. The molecule has 1 heterocycles. The molecule has 110 valence electrons. The Labute approximate surface area is 120 Å². The van der Waals surface area contributed by atoms with E-state index in [4.69, 9.17) is 5.73 Å². The van der Waals surface area contributed by atoms with Crippen LogP contribution >= 0.6 is 0 Å². The van der Waals surface area contributed by atoms with E-state index >= 15 is 0 Å². The van der Waals surface area contributed by atoms with Gasteiger partial charge in [0.2, 0.25) is 0 Å². The van der Waals surface area contributed by atoms with Crippen LogP contribution in [0, 0.1) is 5.82 Å². The monoisotopic (exact) mass is 309 g/mol. The van der Waals surface area contributed by atoms with Crippen molar-refractivity contribution in [3.63, 3.8) is 0 Å². The zero-order valence-electron chi connectivity index (χ0n) is 11.0. The number of anilines is 2. The van der Waals surface area contributed by atoms with Gasteiger partial charge in [-0.1, -0.05) is 0 Å². The highest BCUT2D eigenvalue weighted by molar-refractivity contribution is 7.90. The standard InChI is InChI=1S/C13H12FN3O3S/c1-21(19,20)12-5-3-9(7-16-12)17-13(18)10-4-2-8(14)6-11(10)15/h2-7H,15H2,1H3,(H,17,18). The molecule has 1 amide bonds. The van der Waals surface area contributed by atoms with E-state index in [9.17, 15) is 17.6 Å². The predicted octanol–water partition coefficient (Wildman–Crippen LogP) is 1.46. The lowest BCUT2D eigenvalue weighted by Gasteiger charge is -2.07. The van der Waals surface area contributed by atoms with Crippen molar-refractivity contribution in [3.05, 3.63) is 47.9 Å². The normalized spacial score (nSPS) is 11.1. The van der Waals surface area contributed by atoms with Crippen LogP contribution in [0.15, 0.2) is 41.6 Å². The van der Waals surface area contributed by atoms with Gasteiger partial charge >= 0.3 is 0 Å². The van der Waals surface area contributed by atoms with E-state index in [1.54, 1.807) is 0 Å². The molecule has 1 aromatic carbocycles. The molecule has 0 aliphatic carbocycles. The van der Waals surface area contributed by atoms with Gasteiger partial charge in [-0.25, -0.2) is 17.8 Å². The van der Waals surface area contributed by atoms with Gasteiger partial charge < -0.3 is 11.1 Å². The van der Waals surface area contributed by atoms with E-state index in [1.165, 1.54) is 24.4 Å². The highest BCUT2D eigenvalue weighted by atomic mass is 32.2. The Balaban J connectivity index is 2.20. The summed E-state index contributed by atoms with van der Waals surface area (Å²) in [4.78, 5) is 15.7. The first-order chi connectivity index (χ1) is 9.77. The maximum Gasteiger partial charge on any atom is 0.257 e. The molecule has 2 rings (SSSR count). The highest BCUT2D eigenvalue weighted by Crippen LogP contribution is 2.16. The molecule has 0 saturated carbocycles. The van der Waals surface area contributed by atoms with Crippen molar-refractivity contribution in [2.24, 2.45) is 0 Å². The largest absolute Gasteiger partial charge is 0.398 e. The van der Waals surface area contributed by atoms with Crippen LogP contribution in [0.3, 0.4) is 0 Å². The van der Waals surface area contributed by atoms with Crippen molar-refractivity contribution in [3.8, 4) is 0 Å². The van der Waals surface area contributed by atoms with Crippen LogP contribution in [0.5, 0.6) is 0 Å². The number of carbonyl (C=O) groups excluding carboxylic acids is 1. The minimum atomic E-state index is -3.40. The van der Waals surface area contributed by atoms with Gasteiger partial charge in [0.1, 0.15) is 5.82 Å². The summed E-state index contributed by atoms with van der Waals surface area (Å²) < 4.78 is 35.4. The van der Waals surface area contributed by atoms with Crippen molar-refractivity contribution in [2.45, 2.75) is 5.03 Å². The number of hydrogen-bond acceptors (Lipinski definition) is 5. The third-order valence-electron chi connectivity index (χ3n) is 2.63. The minimum Gasteiger partial charge on any atom is -0.398 e. The summed E-state index contributed by atoms with van der Waals surface area (Å²) in [5, 5.41) is 2.40. The number of pyridine rings is 1. The molecule has 0 unspecified atom stereocenters. The zero-order valence-corrected chi connectivity index (χ0v) is 11.8. The fourth-order valence-electron chi connectivity index (χ4n) is 1.61. The topological polar surface area (TPSA) is 102 Å².